The molecule has 0 saturated carbocycles. The van der Waals surface area contributed by atoms with Crippen LogP contribution in [0, 0.1) is 0 Å². The van der Waals surface area contributed by atoms with Crippen molar-refractivity contribution in [3.63, 3.8) is 0 Å². The fourth-order valence-corrected chi connectivity index (χ4v) is 5.87. The Morgan fingerprint density at radius 3 is 1.78 bits per heavy atom. The van der Waals surface area contributed by atoms with Crippen LogP contribution in [0.3, 0.4) is 0 Å². The molecular weight excluding hydrogens is 448 g/mol. The number of rotatable bonds is 2. The van der Waals surface area contributed by atoms with Crippen molar-refractivity contribution in [1.82, 2.24) is 0 Å². The van der Waals surface area contributed by atoms with Crippen LogP contribution in [-0.4, -0.2) is 0 Å². The minimum atomic E-state index is -0.0987. The Balaban J connectivity index is 1.62. The third kappa shape index (κ3) is 2.92. The van der Waals surface area contributed by atoms with Gasteiger partial charge < -0.3 is 4.42 Å². The van der Waals surface area contributed by atoms with Crippen LogP contribution in [0.2, 0.25) is 0 Å². The Morgan fingerprint density at radius 2 is 1.08 bits per heavy atom. The lowest BCUT2D eigenvalue weighted by atomic mass is 9.85. The van der Waals surface area contributed by atoms with E-state index in [1.54, 1.807) is 0 Å². The summed E-state index contributed by atoms with van der Waals surface area (Å²) in [6.45, 7) is 0. The highest BCUT2D eigenvalue weighted by molar-refractivity contribution is 6.26. The number of para-hydroxylation sites is 1. The molecule has 0 saturated heterocycles. The van der Waals surface area contributed by atoms with Crippen molar-refractivity contribution in [1.29, 1.82) is 0 Å². The lowest BCUT2D eigenvalue weighted by Gasteiger charge is -2.17. The summed E-state index contributed by atoms with van der Waals surface area (Å²) < 4.78 is 33.6. The quantitative estimate of drug-likeness (QED) is 0.228. The van der Waals surface area contributed by atoms with Gasteiger partial charge in [0.2, 0.25) is 0 Å². The highest BCUT2D eigenvalue weighted by Crippen LogP contribution is 2.46. The molecule has 8 aromatic rings. The van der Waals surface area contributed by atoms with E-state index in [1.165, 1.54) is 0 Å². The molecular formula is C36H22O. The summed E-state index contributed by atoms with van der Waals surface area (Å²) in [6, 6.07) is 38.9. The maximum atomic E-state index is 9.19. The lowest BCUT2D eigenvalue weighted by Crippen LogP contribution is -1.90. The molecule has 0 aliphatic carbocycles. The summed E-state index contributed by atoms with van der Waals surface area (Å²) in [4.78, 5) is 0. The summed E-state index contributed by atoms with van der Waals surface area (Å²) in [6.07, 6.45) is 0. The van der Waals surface area contributed by atoms with Crippen LogP contribution in [0.5, 0.6) is 0 Å². The van der Waals surface area contributed by atoms with E-state index in [4.69, 9.17) is 7.16 Å². The van der Waals surface area contributed by atoms with Crippen LogP contribution in [-0.2, 0) is 0 Å². The first-order chi connectivity index (χ1) is 19.6. The van der Waals surface area contributed by atoms with Gasteiger partial charge in [0.25, 0.3) is 0 Å². The molecule has 1 heteroatoms. The number of hydrogen-bond acceptors (Lipinski definition) is 1. The first kappa shape index (κ1) is 17.5. The number of fused-ring (bicyclic) bond motifs is 7. The van der Waals surface area contributed by atoms with Crippen LogP contribution in [0.15, 0.2) is 138 Å². The van der Waals surface area contributed by atoms with Crippen LogP contribution in [0.1, 0.15) is 4.11 Å². The Kier molecular flexibility index (Phi) is 3.70. The van der Waals surface area contributed by atoms with E-state index in [0.29, 0.717) is 22.1 Å². The molecule has 0 radical (unpaired) electrons. The van der Waals surface area contributed by atoms with Gasteiger partial charge >= 0.3 is 0 Å². The molecule has 1 heterocycles. The van der Waals surface area contributed by atoms with E-state index in [0.717, 1.165) is 54.4 Å². The van der Waals surface area contributed by atoms with E-state index in [9.17, 15) is 1.37 Å². The summed E-state index contributed by atoms with van der Waals surface area (Å²) in [5.41, 5.74) is 4.82. The number of benzene rings is 7. The maximum absolute atomic E-state index is 9.19. The van der Waals surface area contributed by atoms with Gasteiger partial charge in [-0.15, -0.1) is 0 Å². The largest absolute Gasteiger partial charge is 0.455 e. The molecule has 0 atom stereocenters. The molecule has 8 rings (SSSR count). The van der Waals surface area contributed by atoms with Crippen molar-refractivity contribution < 1.29 is 8.53 Å². The average molecular weight is 474 g/mol. The fourth-order valence-electron chi connectivity index (χ4n) is 5.87. The number of hydrogen-bond donors (Lipinski definition) is 0. The van der Waals surface area contributed by atoms with Gasteiger partial charge in [-0.3, -0.25) is 0 Å². The second-order valence-electron chi connectivity index (χ2n) is 9.42. The van der Waals surface area contributed by atoms with Crippen LogP contribution >= 0.6 is 0 Å². The monoisotopic (exact) mass is 473 g/mol. The highest BCUT2D eigenvalue weighted by Gasteiger charge is 2.20. The van der Waals surface area contributed by atoms with E-state index >= 15 is 0 Å². The second kappa shape index (κ2) is 7.81. The smallest absolute Gasteiger partial charge is 0.143 e. The van der Waals surface area contributed by atoms with Gasteiger partial charge in [0, 0.05) is 21.9 Å². The molecule has 0 fully saturated rings. The molecule has 0 unspecified atom stereocenters. The zero-order valence-electron chi connectivity index (χ0n) is 22.9. The van der Waals surface area contributed by atoms with Gasteiger partial charge in [0.05, 0.1) is 4.11 Å². The Bertz CT molecular complexity index is 2240. The Morgan fingerprint density at radius 1 is 0.486 bits per heavy atom. The molecule has 0 aliphatic heterocycles. The predicted octanol–water partition coefficient (Wildman–Crippen LogP) is 10.4. The molecule has 7 aromatic carbocycles. The van der Waals surface area contributed by atoms with E-state index in [1.807, 2.05) is 66.7 Å². The van der Waals surface area contributed by atoms with Gasteiger partial charge in [-0.25, -0.2) is 0 Å². The normalized spacial score (nSPS) is 12.9. The van der Waals surface area contributed by atoms with Crippen molar-refractivity contribution >= 4 is 54.3 Å². The molecule has 1 aromatic heterocycles. The van der Waals surface area contributed by atoms with E-state index < -0.39 is 0 Å². The standard InChI is InChI=1S/C36H22O/c1-2-12-24(13-3-1)33-26-15-6-8-17-28(26)34(29-18-9-7-16-27(29)33)30-19-10-20-31-35-25-14-5-4-11-23(25)21-22-32(35)37-36(30)31/h1-22H/i10D,19D,20D. The summed E-state index contributed by atoms with van der Waals surface area (Å²) in [5, 5.41) is 7.53. The average Bonchev–Trinajstić information content (AvgIpc) is 3.40. The lowest BCUT2D eigenvalue weighted by molar-refractivity contribution is 0.670. The molecule has 0 amide bonds. The zero-order chi connectivity index (χ0) is 27.0. The van der Waals surface area contributed by atoms with E-state index in [2.05, 4.69) is 48.5 Å². The van der Waals surface area contributed by atoms with E-state index in [-0.39, 0.29) is 18.1 Å². The molecule has 172 valence electrons. The fraction of sp³-hybridized carbons (Fsp3) is 0. The van der Waals surface area contributed by atoms with Crippen molar-refractivity contribution in [3.8, 4) is 22.3 Å². The van der Waals surface area contributed by atoms with Crippen molar-refractivity contribution in [2.75, 3.05) is 0 Å². The van der Waals surface area contributed by atoms with Gasteiger partial charge in [-0.2, -0.15) is 0 Å². The summed E-state index contributed by atoms with van der Waals surface area (Å²) in [7, 11) is 0. The van der Waals surface area contributed by atoms with Crippen LogP contribution in [0.25, 0.3) is 76.5 Å². The minimum absolute atomic E-state index is 0.00336. The summed E-state index contributed by atoms with van der Waals surface area (Å²) in [5.74, 6) is 0. The Labute approximate surface area is 218 Å². The van der Waals surface area contributed by atoms with Gasteiger partial charge in [-0.05, 0) is 49.5 Å². The third-order valence-corrected chi connectivity index (χ3v) is 7.43. The van der Waals surface area contributed by atoms with Crippen molar-refractivity contribution in [2.45, 2.75) is 0 Å². The molecule has 0 aliphatic rings. The molecule has 37 heavy (non-hydrogen) atoms. The maximum Gasteiger partial charge on any atom is 0.143 e. The minimum Gasteiger partial charge on any atom is -0.455 e. The van der Waals surface area contributed by atoms with Gasteiger partial charge in [0.15, 0.2) is 0 Å². The number of furan rings is 1. The topological polar surface area (TPSA) is 13.1 Å². The van der Waals surface area contributed by atoms with Gasteiger partial charge in [0.1, 0.15) is 11.2 Å². The SMILES string of the molecule is [2H]c1c([2H])c([2H])c2c(oc3ccc4ccccc4c32)c1-c1c2ccccc2c(-c2ccccc2)c2ccccc12. The second-order valence-corrected chi connectivity index (χ2v) is 9.42. The summed E-state index contributed by atoms with van der Waals surface area (Å²) >= 11 is 0. The first-order valence-corrected chi connectivity index (χ1v) is 12.5. The molecule has 0 N–H and O–H groups in total. The molecule has 0 spiro atoms. The molecule has 0 bridgehead atoms. The van der Waals surface area contributed by atoms with Crippen molar-refractivity contribution in [2.24, 2.45) is 0 Å². The molecule has 1 nitrogen and oxygen atoms in total. The van der Waals surface area contributed by atoms with Gasteiger partial charge in [-0.1, -0.05) is 127 Å². The highest BCUT2D eigenvalue weighted by atomic mass is 16.3. The zero-order valence-corrected chi connectivity index (χ0v) is 19.9. The van der Waals surface area contributed by atoms with Crippen LogP contribution in [0.4, 0.5) is 0 Å². The first-order valence-electron chi connectivity index (χ1n) is 14.0. The van der Waals surface area contributed by atoms with Crippen LogP contribution < -0.4 is 0 Å². The van der Waals surface area contributed by atoms with Crippen molar-refractivity contribution in [3.05, 3.63) is 133 Å². The third-order valence-electron chi connectivity index (χ3n) is 7.43. The Hall–Kier alpha value is -4.88. The predicted molar refractivity (Wildman–Crippen MR) is 157 cm³/mol.